The Balaban J connectivity index is 1.57. The summed E-state index contributed by atoms with van der Waals surface area (Å²) in [6, 6.07) is 14.1. The molecular formula is C19H15F3N2OS. The number of rotatable bonds is 5. The van der Waals surface area contributed by atoms with Gasteiger partial charge in [-0.1, -0.05) is 36.4 Å². The first-order chi connectivity index (χ1) is 12.4. The Hall–Kier alpha value is -2.67. The van der Waals surface area contributed by atoms with Crippen LogP contribution in [0.1, 0.15) is 21.6 Å². The predicted octanol–water partition coefficient (Wildman–Crippen LogP) is 4.80. The fourth-order valence-electron chi connectivity index (χ4n) is 2.38. The maximum atomic E-state index is 12.7. The first-order valence-electron chi connectivity index (χ1n) is 7.89. The summed E-state index contributed by atoms with van der Waals surface area (Å²) >= 11 is 1.51. The molecule has 0 fully saturated rings. The number of amides is 1. The van der Waals surface area contributed by atoms with Crippen LogP contribution in [0.4, 0.5) is 13.2 Å². The molecule has 0 saturated heterocycles. The molecular weight excluding hydrogens is 361 g/mol. The Labute approximate surface area is 152 Å². The van der Waals surface area contributed by atoms with Crippen molar-refractivity contribution in [3.63, 3.8) is 0 Å². The van der Waals surface area contributed by atoms with Gasteiger partial charge in [0.05, 0.1) is 11.3 Å². The molecule has 3 nitrogen and oxygen atoms in total. The van der Waals surface area contributed by atoms with Gasteiger partial charge in [-0.3, -0.25) is 4.79 Å². The SMILES string of the molecule is O=C(NCCc1csc(-c2ccccc2)n1)c1cccc(C(F)(F)F)c1. The number of halogens is 3. The van der Waals surface area contributed by atoms with Gasteiger partial charge in [-0.25, -0.2) is 4.98 Å². The number of nitrogens with zero attached hydrogens (tertiary/aromatic N) is 1. The molecule has 3 rings (SSSR count). The highest BCUT2D eigenvalue weighted by atomic mass is 32.1. The summed E-state index contributed by atoms with van der Waals surface area (Å²) in [6.07, 6.45) is -3.96. The molecule has 3 aromatic rings. The molecule has 134 valence electrons. The van der Waals surface area contributed by atoms with Crippen molar-refractivity contribution >= 4 is 17.2 Å². The predicted molar refractivity (Wildman–Crippen MR) is 95.0 cm³/mol. The van der Waals surface area contributed by atoms with Gasteiger partial charge in [-0.05, 0) is 18.2 Å². The Morgan fingerprint density at radius 2 is 1.85 bits per heavy atom. The molecule has 0 bridgehead atoms. The zero-order chi connectivity index (χ0) is 18.6. The summed E-state index contributed by atoms with van der Waals surface area (Å²) in [5.41, 5.74) is 1.01. The van der Waals surface area contributed by atoms with Crippen LogP contribution in [0.2, 0.25) is 0 Å². The first kappa shape index (κ1) is 18.1. The van der Waals surface area contributed by atoms with Crippen LogP contribution in [0.5, 0.6) is 0 Å². The number of nitrogens with one attached hydrogen (secondary N) is 1. The van der Waals surface area contributed by atoms with E-state index in [9.17, 15) is 18.0 Å². The van der Waals surface area contributed by atoms with E-state index < -0.39 is 17.6 Å². The van der Waals surface area contributed by atoms with Gasteiger partial charge >= 0.3 is 6.18 Å². The first-order valence-corrected chi connectivity index (χ1v) is 8.77. The second-order valence-corrected chi connectivity index (χ2v) is 6.45. The van der Waals surface area contributed by atoms with Gasteiger partial charge in [0, 0.05) is 29.5 Å². The number of alkyl halides is 3. The largest absolute Gasteiger partial charge is 0.416 e. The van der Waals surface area contributed by atoms with E-state index in [2.05, 4.69) is 10.3 Å². The van der Waals surface area contributed by atoms with Crippen LogP contribution < -0.4 is 5.32 Å². The standard InChI is InChI=1S/C19H15F3N2OS/c20-19(21,22)15-8-4-7-14(11-15)17(25)23-10-9-16-12-26-18(24-16)13-5-2-1-3-6-13/h1-8,11-12H,9-10H2,(H,23,25). The Bertz CT molecular complexity index is 891. The molecule has 1 amide bonds. The monoisotopic (exact) mass is 376 g/mol. The minimum atomic E-state index is -4.47. The lowest BCUT2D eigenvalue weighted by Gasteiger charge is -2.09. The number of carbonyl (C=O) groups excluding carboxylic acids is 1. The quantitative estimate of drug-likeness (QED) is 0.695. The molecule has 0 saturated carbocycles. The highest BCUT2D eigenvalue weighted by molar-refractivity contribution is 7.13. The van der Waals surface area contributed by atoms with Crippen LogP contribution in [-0.2, 0) is 12.6 Å². The molecule has 0 aliphatic rings. The summed E-state index contributed by atoms with van der Waals surface area (Å²) in [5.74, 6) is -0.533. The molecule has 1 N–H and O–H groups in total. The highest BCUT2D eigenvalue weighted by Crippen LogP contribution is 2.29. The Morgan fingerprint density at radius 1 is 1.08 bits per heavy atom. The summed E-state index contributed by atoms with van der Waals surface area (Å²) in [6.45, 7) is 0.299. The van der Waals surface area contributed by atoms with Crippen molar-refractivity contribution in [2.45, 2.75) is 12.6 Å². The average molecular weight is 376 g/mol. The number of aromatic nitrogens is 1. The maximum Gasteiger partial charge on any atom is 0.416 e. The maximum absolute atomic E-state index is 12.7. The van der Waals surface area contributed by atoms with Gasteiger partial charge in [-0.2, -0.15) is 13.2 Å². The van der Waals surface area contributed by atoms with Gasteiger partial charge in [0.25, 0.3) is 5.91 Å². The lowest BCUT2D eigenvalue weighted by atomic mass is 10.1. The highest BCUT2D eigenvalue weighted by Gasteiger charge is 2.30. The van der Waals surface area contributed by atoms with Crippen molar-refractivity contribution in [2.24, 2.45) is 0 Å². The summed E-state index contributed by atoms with van der Waals surface area (Å²) in [5, 5.41) is 5.44. The molecule has 0 unspecified atom stereocenters. The van der Waals surface area contributed by atoms with Crippen molar-refractivity contribution in [3.05, 3.63) is 76.8 Å². The molecule has 0 radical (unpaired) electrons. The molecule has 0 spiro atoms. The number of hydrogen-bond acceptors (Lipinski definition) is 3. The van der Waals surface area contributed by atoms with E-state index in [0.29, 0.717) is 13.0 Å². The lowest BCUT2D eigenvalue weighted by Crippen LogP contribution is -2.26. The summed E-state index contributed by atoms with van der Waals surface area (Å²) in [7, 11) is 0. The molecule has 1 heterocycles. The Kier molecular flexibility index (Phi) is 5.37. The van der Waals surface area contributed by atoms with Crippen LogP contribution in [0.3, 0.4) is 0 Å². The van der Waals surface area contributed by atoms with Gasteiger partial charge < -0.3 is 5.32 Å². The third-order valence-corrected chi connectivity index (χ3v) is 4.63. The fraction of sp³-hybridized carbons (Fsp3) is 0.158. The molecule has 26 heavy (non-hydrogen) atoms. The van der Waals surface area contributed by atoms with E-state index in [1.807, 2.05) is 35.7 Å². The van der Waals surface area contributed by atoms with Crippen molar-refractivity contribution < 1.29 is 18.0 Å². The van der Waals surface area contributed by atoms with Crippen LogP contribution in [0.15, 0.2) is 60.0 Å². The normalized spacial score (nSPS) is 11.3. The van der Waals surface area contributed by atoms with E-state index in [0.717, 1.165) is 28.4 Å². The second-order valence-electron chi connectivity index (χ2n) is 5.59. The van der Waals surface area contributed by atoms with Crippen LogP contribution in [0.25, 0.3) is 10.6 Å². The van der Waals surface area contributed by atoms with E-state index in [4.69, 9.17) is 0 Å². The van der Waals surface area contributed by atoms with E-state index in [1.54, 1.807) is 0 Å². The van der Waals surface area contributed by atoms with E-state index in [1.165, 1.54) is 23.5 Å². The molecule has 0 atom stereocenters. The fourth-order valence-corrected chi connectivity index (χ4v) is 3.24. The van der Waals surface area contributed by atoms with Crippen molar-refractivity contribution in [1.29, 1.82) is 0 Å². The third kappa shape index (κ3) is 4.49. The number of benzene rings is 2. The molecule has 2 aromatic carbocycles. The zero-order valence-corrected chi connectivity index (χ0v) is 14.4. The van der Waals surface area contributed by atoms with Gasteiger partial charge in [0.2, 0.25) is 0 Å². The molecule has 1 aromatic heterocycles. The van der Waals surface area contributed by atoms with Crippen molar-refractivity contribution in [2.75, 3.05) is 6.54 Å². The smallest absolute Gasteiger partial charge is 0.352 e. The third-order valence-electron chi connectivity index (χ3n) is 3.69. The van der Waals surface area contributed by atoms with Crippen LogP contribution in [0, 0.1) is 0 Å². The number of carbonyl (C=O) groups is 1. The minimum absolute atomic E-state index is 0.0110. The van der Waals surface area contributed by atoms with Crippen LogP contribution >= 0.6 is 11.3 Å². The molecule has 0 aliphatic carbocycles. The molecule has 7 heteroatoms. The van der Waals surface area contributed by atoms with Crippen LogP contribution in [-0.4, -0.2) is 17.4 Å². The van der Waals surface area contributed by atoms with E-state index in [-0.39, 0.29) is 5.56 Å². The summed E-state index contributed by atoms with van der Waals surface area (Å²) < 4.78 is 38.1. The van der Waals surface area contributed by atoms with Gasteiger partial charge in [0.15, 0.2) is 0 Å². The van der Waals surface area contributed by atoms with Gasteiger partial charge in [0.1, 0.15) is 5.01 Å². The number of hydrogen-bond donors (Lipinski definition) is 1. The second kappa shape index (κ2) is 7.70. The zero-order valence-electron chi connectivity index (χ0n) is 13.6. The Morgan fingerprint density at radius 3 is 2.58 bits per heavy atom. The lowest BCUT2D eigenvalue weighted by molar-refractivity contribution is -0.137. The topological polar surface area (TPSA) is 42.0 Å². The summed E-state index contributed by atoms with van der Waals surface area (Å²) in [4.78, 5) is 16.6. The van der Waals surface area contributed by atoms with Crippen molar-refractivity contribution in [3.8, 4) is 10.6 Å². The number of thiazole rings is 1. The average Bonchev–Trinajstić information content (AvgIpc) is 3.11. The van der Waals surface area contributed by atoms with Crippen molar-refractivity contribution in [1.82, 2.24) is 10.3 Å². The molecule has 0 aliphatic heterocycles. The van der Waals surface area contributed by atoms with E-state index >= 15 is 0 Å². The van der Waals surface area contributed by atoms with Gasteiger partial charge in [-0.15, -0.1) is 11.3 Å². The minimum Gasteiger partial charge on any atom is -0.352 e.